The molecule has 0 bridgehead atoms. The minimum absolute atomic E-state index is 0.0116. The summed E-state index contributed by atoms with van der Waals surface area (Å²) < 4.78 is 5.13. The molecule has 0 rings (SSSR count). The number of carbonyl (C=O) groups excluding carboxylic acids is 1. The van der Waals surface area contributed by atoms with Gasteiger partial charge in [-0.05, 0) is 34.1 Å². The molecule has 1 amide bonds. The third-order valence-corrected chi connectivity index (χ3v) is 2.01. The molecular formula is C11H24N2O2. The Hall–Kier alpha value is -0.770. The van der Waals surface area contributed by atoms with Crippen molar-refractivity contribution in [3.63, 3.8) is 0 Å². The van der Waals surface area contributed by atoms with Crippen LogP contribution in [0.25, 0.3) is 0 Å². The Morgan fingerprint density at radius 3 is 2.40 bits per heavy atom. The van der Waals surface area contributed by atoms with Crippen molar-refractivity contribution in [2.75, 3.05) is 0 Å². The molecule has 4 nitrogen and oxygen atoms in total. The summed E-state index contributed by atoms with van der Waals surface area (Å²) in [6, 6.07) is -0.0673. The molecule has 4 heteroatoms. The topological polar surface area (TPSA) is 64.3 Å². The smallest absolute Gasteiger partial charge is 0.407 e. The van der Waals surface area contributed by atoms with Crippen LogP contribution in [-0.2, 0) is 4.74 Å². The maximum atomic E-state index is 11.4. The molecule has 0 aromatic rings. The van der Waals surface area contributed by atoms with Gasteiger partial charge in [0.15, 0.2) is 0 Å². The molecule has 0 fully saturated rings. The predicted molar refractivity (Wildman–Crippen MR) is 61.7 cm³/mol. The zero-order valence-corrected chi connectivity index (χ0v) is 10.5. The quantitative estimate of drug-likeness (QED) is 0.755. The number of hydrogen-bond acceptors (Lipinski definition) is 3. The number of amides is 1. The van der Waals surface area contributed by atoms with Gasteiger partial charge >= 0.3 is 6.09 Å². The average molecular weight is 216 g/mol. The van der Waals surface area contributed by atoms with Gasteiger partial charge in [-0.2, -0.15) is 0 Å². The molecule has 0 unspecified atom stereocenters. The third kappa shape index (κ3) is 7.19. The standard InChI is InChI=1S/C11H24N2O2/c1-6-7-9(12)8(2)13-10(14)15-11(3,4)5/h8-9H,6-7,12H2,1-5H3,(H,13,14)/t8-,9+/m0/s1. The lowest BCUT2D eigenvalue weighted by Crippen LogP contribution is -2.47. The second-order valence-electron chi connectivity index (χ2n) is 4.89. The van der Waals surface area contributed by atoms with Crippen molar-refractivity contribution in [1.82, 2.24) is 5.32 Å². The summed E-state index contributed by atoms with van der Waals surface area (Å²) in [7, 11) is 0. The van der Waals surface area contributed by atoms with Gasteiger partial charge < -0.3 is 15.8 Å². The van der Waals surface area contributed by atoms with Gasteiger partial charge in [0.25, 0.3) is 0 Å². The van der Waals surface area contributed by atoms with Crippen molar-refractivity contribution in [3.05, 3.63) is 0 Å². The van der Waals surface area contributed by atoms with Gasteiger partial charge in [-0.3, -0.25) is 0 Å². The fraction of sp³-hybridized carbons (Fsp3) is 0.909. The molecule has 0 spiro atoms. The molecule has 0 aliphatic rings. The van der Waals surface area contributed by atoms with E-state index in [1.54, 1.807) is 0 Å². The van der Waals surface area contributed by atoms with Crippen LogP contribution in [0.4, 0.5) is 4.79 Å². The first-order valence-electron chi connectivity index (χ1n) is 5.51. The van der Waals surface area contributed by atoms with E-state index in [4.69, 9.17) is 10.5 Å². The first-order chi connectivity index (χ1) is 6.76. The van der Waals surface area contributed by atoms with Crippen molar-refractivity contribution in [2.24, 2.45) is 5.73 Å². The second-order valence-corrected chi connectivity index (χ2v) is 4.89. The second kappa shape index (κ2) is 5.95. The zero-order valence-electron chi connectivity index (χ0n) is 10.5. The highest BCUT2D eigenvalue weighted by Gasteiger charge is 2.19. The van der Waals surface area contributed by atoms with Crippen LogP contribution in [0, 0.1) is 0 Å². The summed E-state index contributed by atoms with van der Waals surface area (Å²) in [6.45, 7) is 9.47. The fourth-order valence-electron chi connectivity index (χ4n) is 1.18. The molecule has 0 aliphatic carbocycles. The van der Waals surface area contributed by atoms with Gasteiger partial charge in [-0.15, -0.1) is 0 Å². The van der Waals surface area contributed by atoms with Crippen LogP contribution >= 0.6 is 0 Å². The summed E-state index contributed by atoms with van der Waals surface area (Å²) in [5.41, 5.74) is 5.41. The first-order valence-corrected chi connectivity index (χ1v) is 5.51. The van der Waals surface area contributed by atoms with Crippen LogP contribution in [-0.4, -0.2) is 23.8 Å². The van der Waals surface area contributed by atoms with E-state index in [1.807, 2.05) is 27.7 Å². The summed E-state index contributed by atoms with van der Waals surface area (Å²) in [4.78, 5) is 11.4. The summed E-state index contributed by atoms with van der Waals surface area (Å²) in [5.74, 6) is 0. The van der Waals surface area contributed by atoms with Gasteiger partial charge in [0.2, 0.25) is 0 Å². The molecule has 3 N–H and O–H groups in total. The number of rotatable bonds is 4. The third-order valence-electron chi connectivity index (χ3n) is 2.01. The van der Waals surface area contributed by atoms with Crippen LogP contribution in [0.1, 0.15) is 47.5 Å². The Bertz CT molecular complexity index is 199. The predicted octanol–water partition coefficient (Wildman–Crippen LogP) is 2.03. The summed E-state index contributed by atoms with van der Waals surface area (Å²) in [5, 5.41) is 2.73. The van der Waals surface area contributed by atoms with E-state index in [2.05, 4.69) is 12.2 Å². The van der Waals surface area contributed by atoms with Crippen LogP contribution in [0.3, 0.4) is 0 Å². The lowest BCUT2D eigenvalue weighted by Gasteiger charge is -2.24. The number of carbonyl (C=O) groups is 1. The number of nitrogens with two attached hydrogens (primary N) is 1. The molecule has 0 heterocycles. The number of alkyl carbamates (subject to hydrolysis) is 1. The monoisotopic (exact) mass is 216 g/mol. The van der Waals surface area contributed by atoms with E-state index in [0.29, 0.717) is 0 Å². The number of ether oxygens (including phenoxy) is 1. The van der Waals surface area contributed by atoms with Crippen molar-refractivity contribution in [3.8, 4) is 0 Å². The maximum absolute atomic E-state index is 11.4. The van der Waals surface area contributed by atoms with Gasteiger partial charge in [0.1, 0.15) is 5.60 Å². The van der Waals surface area contributed by atoms with E-state index in [9.17, 15) is 4.79 Å². The zero-order chi connectivity index (χ0) is 12.1. The number of nitrogens with one attached hydrogen (secondary N) is 1. The van der Waals surface area contributed by atoms with Crippen molar-refractivity contribution in [1.29, 1.82) is 0 Å². The highest BCUT2D eigenvalue weighted by Crippen LogP contribution is 2.07. The SMILES string of the molecule is CCC[C@@H](N)[C@H](C)NC(=O)OC(C)(C)C. The van der Waals surface area contributed by atoms with Crippen LogP contribution in [0.5, 0.6) is 0 Å². The van der Waals surface area contributed by atoms with Gasteiger partial charge in [-0.25, -0.2) is 4.79 Å². The van der Waals surface area contributed by atoms with E-state index in [-0.39, 0.29) is 12.1 Å². The first kappa shape index (κ1) is 14.2. The highest BCUT2D eigenvalue weighted by molar-refractivity contribution is 5.68. The van der Waals surface area contributed by atoms with Crippen molar-refractivity contribution >= 4 is 6.09 Å². The Morgan fingerprint density at radius 2 is 2.00 bits per heavy atom. The van der Waals surface area contributed by atoms with E-state index in [0.717, 1.165) is 12.8 Å². The molecule has 2 atom stereocenters. The lowest BCUT2D eigenvalue weighted by molar-refractivity contribution is 0.0501. The van der Waals surface area contributed by atoms with Gasteiger partial charge in [0, 0.05) is 12.1 Å². The molecule has 15 heavy (non-hydrogen) atoms. The van der Waals surface area contributed by atoms with Crippen molar-refractivity contribution < 1.29 is 9.53 Å². The van der Waals surface area contributed by atoms with Crippen molar-refractivity contribution in [2.45, 2.75) is 65.1 Å². The normalized spacial score (nSPS) is 15.6. The lowest BCUT2D eigenvalue weighted by atomic mass is 10.1. The molecule has 0 aromatic heterocycles. The fourth-order valence-corrected chi connectivity index (χ4v) is 1.18. The average Bonchev–Trinajstić information content (AvgIpc) is 2.00. The van der Waals surface area contributed by atoms with Gasteiger partial charge in [0.05, 0.1) is 0 Å². The van der Waals surface area contributed by atoms with Crippen LogP contribution in [0.15, 0.2) is 0 Å². The molecule has 90 valence electrons. The minimum Gasteiger partial charge on any atom is -0.444 e. The molecule has 0 radical (unpaired) electrons. The number of hydrogen-bond donors (Lipinski definition) is 2. The molecule has 0 aromatic carbocycles. The summed E-state index contributed by atoms with van der Waals surface area (Å²) in [6.07, 6.45) is 1.51. The largest absolute Gasteiger partial charge is 0.444 e. The Labute approximate surface area is 92.6 Å². The molecule has 0 saturated carbocycles. The molecular weight excluding hydrogens is 192 g/mol. The Balaban J connectivity index is 3.96. The van der Waals surface area contributed by atoms with Gasteiger partial charge in [-0.1, -0.05) is 13.3 Å². The van der Waals surface area contributed by atoms with E-state index < -0.39 is 11.7 Å². The molecule has 0 aliphatic heterocycles. The van der Waals surface area contributed by atoms with E-state index >= 15 is 0 Å². The molecule has 0 saturated heterocycles. The summed E-state index contributed by atoms with van der Waals surface area (Å²) >= 11 is 0. The van der Waals surface area contributed by atoms with Crippen LogP contribution in [0.2, 0.25) is 0 Å². The van der Waals surface area contributed by atoms with Crippen LogP contribution < -0.4 is 11.1 Å². The Morgan fingerprint density at radius 1 is 1.47 bits per heavy atom. The Kier molecular flexibility index (Phi) is 5.65. The minimum atomic E-state index is -0.460. The van der Waals surface area contributed by atoms with E-state index in [1.165, 1.54) is 0 Å². The maximum Gasteiger partial charge on any atom is 0.407 e. The highest BCUT2D eigenvalue weighted by atomic mass is 16.6.